The fourth-order valence-electron chi connectivity index (χ4n) is 1.20. The molecule has 0 radical (unpaired) electrons. The third kappa shape index (κ3) is 1.86. The van der Waals surface area contributed by atoms with Crippen molar-refractivity contribution in [3.05, 3.63) is 18.2 Å². The number of imidazole rings is 1. The first-order valence-electron chi connectivity index (χ1n) is 3.98. The zero-order valence-corrected chi connectivity index (χ0v) is 7.64. The van der Waals surface area contributed by atoms with E-state index < -0.39 is 12.0 Å². The molecule has 1 aromatic heterocycles. The molecule has 5 nitrogen and oxygen atoms in total. The van der Waals surface area contributed by atoms with E-state index >= 15 is 0 Å². The highest BCUT2D eigenvalue weighted by Gasteiger charge is 2.23. The molecule has 0 aliphatic rings. The molecule has 0 saturated carbocycles. The summed E-state index contributed by atoms with van der Waals surface area (Å²) in [6, 6.07) is -0.879. The monoisotopic (exact) mass is 183 g/mol. The lowest BCUT2D eigenvalue weighted by Crippen LogP contribution is -2.35. The maximum Gasteiger partial charge on any atom is 0.321 e. The van der Waals surface area contributed by atoms with Crippen LogP contribution in [-0.4, -0.2) is 26.7 Å². The minimum Gasteiger partial charge on any atom is -0.480 e. The summed E-state index contributed by atoms with van der Waals surface area (Å²) in [4.78, 5) is 14.5. The van der Waals surface area contributed by atoms with Gasteiger partial charge in [0, 0.05) is 24.9 Å². The van der Waals surface area contributed by atoms with Gasteiger partial charge in [-0.1, -0.05) is 6.92 Å². The van der Waals surface area contributed by atoms with Crippen LogP contribution in [0.25, 0.3) is 0 Å². The molecule has 0 aromatic carbocycles. The second kappa shape index (κ2) is 3.57. The van der Waals surface area contributed by atoms with Gasteiger partial charge in [-0.15, -0.1) is 0 Å². The van der Waals surface area contributed by atoms with Gasteiger partial charge in [-0.05, 0) is 0 Å². The first kappa shape index (κ1) is 9.73. The van der Waals surface area contributed by atoms with Gasteiger partial charge in [0.15, 0.2) is 0 Å². The highest BCUT2D eigenvalue weighted by Crippen LogP contribution is 2.16. The SMILES string of the molecule is CC(c1cncn1C)C(N)C(=O)O. The molecule has 1 rings (SSSR count). The number of carbonyl (C=O) groups is 1. The van der Waals surface area contributed by atoms with Crippen LogP contribution in [0.5, 0.6) is 0 Å². The quantitative estimate of drug-likeness (QED) is 0.687. The maximum absolute atomic E-state index is 10.6. The number of nitrogens with zero attached hydrogens (tertiary/aromatic N) is 2. The predicted octanol–water partition coefficient (Wildman–Crippen LogP) is -0.0645. The summed E-state index contributed by atoms with van der Waals surface area (Å²) in [7, 11) is 1.81. The number of hydrogen-bond donors (Lipinski definition) is 2. The molecule has 0 fully saturated rings. The number of hydrogen-bond acceptors (Lipinski definition) is 3. The molecule has 1 aromatic rings. The van der Waals surface area contributed by atoms with E-state index in [1.165, 1.54) is 0 Å². The second-order valence-corrected chi connectivity index (χ2v) is 3.08. The number of carboxylic acids is 1. The Balaban J connectivity index is 2.85. The highest BCUT2D eigenvalue weighted by atomic mass is 16.4. The van der Waals surface area contributed by atoms with Crippen molar-refractivity contribution in [2.45, 2.75) is 18.9 Å². The van der Waals surface area contributed by atoms with Gasteiger partial charge in [-0.3, -0.25) is 4.79 Å². The van der Waals surface area contributed by atoms with Crippen LogP contribution in [0.15, 0.2) is 12.5 Å². The molecule has 0 aliphatic carbocycles. The van der Waals surface area contributed by atoms with Gasteiger partial charge in [0.2, 0.25) is 0 Å². The van der Waals surface area contributed by atoms with E-state index in [0.717, 1.165) is 5.69 Å². The van der Waals surface area contributed by atoms with Crippen LogP contribution in [0.3, 0.4) is 0 Å². The van der Waals surface area contributed by atoms with Crippen LogP contribution in [0.1, 0.15) is 18.5 Å². The minimum atomic E-state index is -0.992. The Hall–Kier alpha value is -1.36. The molecule has 0 saturated heterocycles. The second-order valence-electron chi connectivity index (χ2n) is 3.08. The fraction of sp³-hybridized carbons (Fsp3) is 0.500. The van der Waals surface area contributed by atoms with Gasteiger partial charge < -0.3 is 15.4 Å². The van der Waals surface area contributed by atoms with Gasteiger partial charge in [-0.25, -0.2) is 4.98 Å². The van der Waals surface area contributed by atoms with Crippen molar-refractivity contribution in [1.29, 1.82) is 0 Å². The Morgan fingerprint density at radius 2 is 2.38 bits per heavy atom. The van der Waals surface area contributed by atoms with Gasteiger partial charge in [0.05, 0.1) is 6.33 Å². The van der Waals surface area contributed by atoms with E-state index in [1.54, 1.807) is 24.0 Å². The van der Waals surface area contributed by atoms with Crippen molar-refractivity contribution in [1.82, 2.24) is 9.55 Å². The first-order chi connectivity index (χ1) is 6.04. The molecule has 13 heavy (non-hydrogen) atoms. The Morgan fingerprint density at radius 1 is 1.77 bits per heavy atom. The number of aromatic nitrogens is 2. The van der Waals surface area contributed by atoms with Crippen molar-refractivity contribution in [2.24, 2.45) is 12.8 Å². The Kier molecular flexibility index (Phi) is 2.67. The Morgan fingerprint density at radius 3 is 2.77 bits per heavy atom. The average molecular weight is 183 g/mol. The lowest BCUT2D eigenvalue weighted by molar-refractivity contribution is -0.139. The minimum absolute atomic E-state index is 0.231. The van der Waals surface area contributed by atoms with Crippen LogP contribution in [0.2, 0.25) is 0 Å². The maximum atomic E-state index is 10.6. The standard InChI is InChI=1S/C8H13N3O2/c1-5(7(9)8(12)13)6-3-10-4-11(6)2/h3-5,7H,9H2,1-2H3,(H,12,13). The summed E-state index contributed by atoms with van der Waals surface area (Å²) in [5, 5.41) is 8.69. The highest BCUT2D eigenvalue weighted by molar-refractivity contribution is 5.74. The molecular formula is C8H13N3O2. The number of carboxylic acid groups (broad SMARTS) is 1. The first-order valence-corrected chi connectivity index (χ1v) is 3.98. The summed E-state index contributed by atoms with van der Waals surface area (Å²) in [6.45, 7) is 1.77. The van der Waals surface area contributed by atoms with E-state index in [0.29, 0.717) is 0 Å². The van der Waals surface area contributed by atoms with E-state index in [9.17, 15) is 4.79 Å². The summed E-state index contributed by atoms with van der Waals surface area (Å²) in [5.74, 6) is -1.22. The van der Waals surface area contributed by atoms with E-state index in [1.807, 2.05) is 7.05 Å². The largest absolute Gasteiger partial charge is 0.480 e. The van der Waals surface area contributed by atoms with Gasteiger partial charge in [-0.2, -0.15) is 0 Å². The zero-order chi connectivity index (χ0) is 10.0. The van der Waals surface area contributed by atoms with Gasteiger partial charge in [0.1, 0.15) is 6.04 Å². The van der Waals surface area contributed by atoms with Gasteiger partial charge in [0.25, 0.3) is 0 Å². The number of aliphatic carboxylic acids is 1. The molecule has 2 unspecified atom stereocenters. The number of nitrogens with two attached hydrogens (primary N) is 1. The smallest absolute Gasteiger partial charge is 0.321 e. The molecular weight excluding hydrogens is 170 g/mol. The normalized spacial score (nSPS) is 15.3. The molecule has 72 valence electrons. The van der Waals surface area contributed by atoms with Crippen LogP contribution in [0, 0.1) is 0 Å². The van der Waals surface area contributed by atoms with E-state index in [-0.39, 0.29) is 5.92 Å². The lowest BCUT2D eigenvalue weighted by Gasteiger charge is -2.15. The van der Waals surface area contributed by atoms with Crippen LogP contribution in [0.4, 0.5) is 0 Å². The molecule has 0 amide bonds. The summed E-state index contributed by atoms with van der Waals surface area (Å²) < 4.78 is 1.77. The topological polar surface area (TPSA) is 81.1 Å². The summed E-state index contributed by atoms with van der Waals surface area (Å²) in [6.07, 6.45) is 3.26. The number of rotatable bonds is 3. The molecule has 1 heterocycles. The third-order valence-corrected chi connectivity index (χ3v) is 2.14. The van der Waals surface area contributed by atoms with Crippen molar-refractivity contribution >= 4 is 5.97 Å². The van der Waals surface area contributed by atoms with Crippen molar-refractivity contribution in [3.63, 3.8) is 0 Å². The Bertz CT molecular complexity index is 308. The molecule has 2 atom stereocenters. The molecule has 0 spiro atoms. The third-order valence-electron chi connectivity index (χ3n) is 2.14. The summed E-state index contributed by atoms with van der Waals surface area (Å²) in [5.41, 5.74) is 6.31. The van der Waals surface area contributed by atoms with Gasteiger partial charge >= 0.3 is 5.97 Å². The average Bonchev–Trinajstić information content (AvgIpc) is 2.48. The molecule has 0 bridgehead atoms. The lowest BCUT2D eigenvalue weighted by atomic mass is 10.00. The van der Waals surface area contributed by atoms with Crippen molar-refractivity contribution in [3.8, 4) is 0 Å². The predicted molar refractivity (Wildman–Crippen MR) is 47.2 cm³/mol. The van der Waals surface area contributed by atoms with E-state index in [2.05, 4.69) is 4.98 Å². The zero-order valence-electron chi connectivity index (χ0n) is 7.64. The summed E-state index contributed by atoms with van der Waals surface area (Å²) >= 11 is 0. The van der Waals surface area contributed by atoms with E-state index in [4.69, 9.17) is 10.8 Å². The fourth-order valence-corrected chi connectivity index (χ4v) is 1.20. The van der Waals surface area contributed by atoms with Crippen LogP contribution < -0.4 is 5.73 Å². The van der Waals surface area contributed by atoms with Crippen LogP contribution in [-0.2, 0) is 11.8 Å². The van der Waals surface area contributed by atoms with Crippen molar-refractivity contribution < 1.29 is 9.90 Å². The molecule has 5 heteroatoms. The Labute approximate surface area is 76.2 Å². The molecule has 0 aliphatic heterocycles. The number of aryl methyl sites for hydroxylation is 1. The van der Waals surface area contributed by atoms with Crippen molar-refractivity contribution in [2.75, 3.05) is 0 Å². The van der Waals surface area contributed by atoms with Crippen LogP contribution >= 0.6 is 0 Å². The molecule has 3 N–H and O–H groups in total.